The Morgan fingerprint density at radius 1 is 1.17 bits per heavy atom. The van der Waals surface area contributed by atoms with Crippen molar-refractivity contribution in [3.63, 3.8) is 0 Å². The molecule has 5 heteroatoms. The maximum Gasteiger partial charge on any atom is 0.328 e. The third-order valence-electron chi connectivity index (χ3n) is 2.36. The predicted molar refractivity (Wildman–Crippen MR) is 64.7 cm³/mol. The molecule has 0 atom stereocenters. The summed E-state index contributed by atoms with van der Waals surface area (Å²) >= 11 is 0. The highest BCUT2D eigenvalue weighted by molar-refractivity contribution is 6.28. The molecule has 18 heavy (non-hydrogen) atoms. The van der Waals surface area contributed by atoms with Gasteiger partial charge in [-0.2, -0.15) is 0 Å². The number of hydrogen-bond donors (Lipinski definition) is 1. The Morgan fingerprint density at radius 3 is 2.44 bits per heavy atom. The van der Waals surface area contributed by atoms with E-state index >= 15 is 0 Å². The molecule has 0 aliphatic carbocycles. The molecule has 0 radical (unpaired) electrons. The van der Waals surface area contributed by atoms with Crippen LogP contribution in [0.15, 0.2) is 42.5 Å². The number of carboxylic acids is 1. The molecule has 2 rings (SSSR count). The number of carbonyl (C=O) groups is 3. The minimum Gasteiger partial charge on any atom is -0.478 e. The molecule has 0 fully saturated rings. The van der Waals surface area contributed by atoms with Gasteiger partial charge >= 0.3 is 5.97 Å². The molecule has 1 aliphatic rings. The van der Waals surface area contributed by atoms with Gasteiger partial charge in [0.2, 0.25) is 0 Å². The van der Waals surface area contributed by atoms with Crippen molar-refractivity contribution in [2.24, 2.45) is 0 Å². The first-order valence-corrected chi connectivity index (χ1v) is 5.15. The van der Waals surface area contributed by atoms with Crippen molar-refractivity contribution in [1.82, 2.24) is 0 Å². The maximum absolute atomic E-state index is 11.5. The van der Waals surface area contributed by atoms with E-state index in [9.17, 15) is 14.4 Å². The maximum atomic E-state index is 11.5. The lowest BCUT2D eigenvalue weighted by atomic mass is 10.1. The normalized spacial score (nSPS) is 14.8. The lowest BCUT2D eigenvalue weighted by Gasteiger charge is -2.13. The summed E-state index contributed by atoms with van der Waals surface area (Å²) in [5, 5.41) is 8.52. The molecule has 90 valence electrons. The number of carboxylic acid groups (broad SMARTS) is 1. The molecular weight excluding hydrogens is 234 g/mol. The molecule has 0 aromatic heterocycles. The molecule has 1 N–H and O–H groups in total. The van der Waals surface area contributed by atoms with Gasteiger partial charge in [-0.1, -0.05) is 12.1 Å². The van der Waals surface area contributed by atoms with Gasteiger partial charge in [0.25, 0.3) is 11.8 Å². The van der Waals surface area contributed by atoms with Gasteiger partial charge < -0.3 is 5.11 Å². The third-order valence-corrected chi connectivity index (χ3v) is 2.36. The second-order valence-corrected chi connectivity index (χ2v) is 3.61. The summed E-state index contributed by atoms with van der Waals surface area (Å²) in [4.78, 5) is 34.4. The Morgan fingerprint density at radius 2 is 1.83 bits per heavy atom. The van der Waals surface area contributed by atoms with Crippen LogP contribution in [0.2, 0.25) is 0 Å². The fourth-order valence-corrected chi connectivity index (χ4v) is 1.59. The van der Waals surface area contributed by atoms with Gasteiger partial charge in [-0.25, -0.2) is 9.69 Å². The fraction of sp³-hybridized carbons (Fsp3) is 0. The molecule has 1 heterocycles. The van der Waals surface area contributed by atoms with Gasteiger partial charge in [0.1, 0.15) is 0 Å². The molecule has 1 aromatic carbocycles. The summed E-state index contributed by atoms with van der Waals surface area (Å²) in [5.74, 6) is -1.87. The van der Waals surface area contributed by atoms with Gasteiger partial charge in [-0.3, -0.25) is 9.59 Å². The number of carbonyl (C=O) groups excluding carboxylic acids is 2. The number of imide groups is 1. The standard InChI is InChI=1S/C13H9NO4/c15-11-5-6-12(16)14(11)10-3-1-2-9(8-10)4-7-13(17)18/h1-8H,(H,17,18)/b7-4+. The van der Waals surface area contributed by atoms with Crippen LogP contribution >= 0.6 is 0 Å². The van der Waals surface area contributed by atoms with E-state index in [1.165, 1.54) is 18.2 Å². The average Bonchev–Trinajstić information content (AvgIpc) is 2.67. The van der Waals surface area contributed by atoms with Gasteiger partial charge in [0.05, 0.1) is 5.69 Å². The van der Waals surface area contributed by atoms with Crippen molar-refractivity contribution < 1.29 is 19.5 Å². The molecular formula is C13H9NO4. The molecule has 0 saturated carbocycles. The molecule has 0 bridgehead atoms. The summed E-state index contributed by atoms with van der Waals surface area (Å²) in [6, 6.07) is 6.51. The molecule has 2 amide bonds. The number of hydrogen-bond acceptors (Lipinski definition) is 3. The molecule has 1 aromatic rings. The first-order valence-electron chi connectivity index (χ1n) is 5.15. The highest BCUT2D eigenvalue weighted by Gasteiger charge is 2.24. The Hall–Kier alpha value is -2.69. The van der Waals surface area contributed by atoms with Crippen molar-refractivity contribution >= 4 is 29.5 Å². The zero-order valence-corrected chi connectivity index (χ0v) is 9.24. The second-order valence-electron chi connectivity index (χ2n) is 3.61. The summed E-state index contributed by atoms with van der Waals surface area (Å²) in [6.45, 7) is 0. The summed E-state index contributed by atoms with van der Waals surface area (Å²) in [5.41, 5.74) is 1.02. The number of amides is 2. The van der Waals surface area contributed by atoms with E-state index in [1.54, 1.807) is 24.3 Å². The summed E-state index contributed by atoms with van der Waals surface area (Å²) < 4.78 is 0. The topological polar surface area (TPSA) is 74.7 Å². The van der Waals surface area contributed by atoms with Crippen LogP contribution in [-0.2, 0) is 14.4 Å². The first-order chi connectivity index (χ1) is 8.58. The predicted octanol–water partition coefficient (Wildman–Crippen LogP) is 1.21. The Kier molecular flexibility index (Phi) is 3.05. The van der Waals surface area contributed by atoms with Gasteiger partial charge in [0, 0.05) is 18.2 Å². The SMILES string of the molecule is O=C(O)/C=C/c1cccc(N2C(=O)C=CC2=O)c1. The van der Waals surface area contributed by atoms with E-state index < -0.39 is 17.8 Å². The van der Waals surface area contributed by atoms with Crippen molar-refractivity contribution in [2.45, 2.75) is 0 Å². The zero-order valence-electron chi connectivity index (χ0n) is 9.24. The van der Waals surface area contributed by atoms with E-state index in [1.807, 2.05) is 0 Å². The van der Waals surface area contributed by atoms with Crippen molar-refractivity contribution in [2.75, 3.05) is 4.90 Å². The van der Waals surface area contributed by atoms with Crippen LogP contribution in [0.5, 0.6) is 0 Å². The van der Waals surface area contributed by atoms with Crippen LogP contribution < -0.4 is 4.90 Å². The zero-order chi connectivity index (χ0) is 13.1. The van der Waals surface area contributed by atoms with E-state index in [-0.39, 0.29) is 0 Å². The van der Waals surface area contributed by atoms with E-state index in [2.05, 4.69) is 0 Å². The van der Waals surface area contributed by atoms with Crippen LogP contribution in [0.3, 0.4) is 0 Å². The highest BCUT2D eigenvalue weighted by atomic mass is 16.4. The molecule has 1 aliphatic heterocycles. The Balaban J connectivity index is 2.30. The van der Waals surface area contributed by atoms with Crippen molar-refractivity contribution in [1.29, 1.82) is 0 Å². The van der Waals surface area contributed by atoms with Gasteiger partial charge in [-0.05, 0) is 23.8 Å². The van der Waals surface area contributed by atoms with Crippen LogP contribution in [0.1, 0.15) is 5.56 Å². The van der Waals surface area contributed by atoms with Crippen LogP contribution in [0.25, 0.3) is 6.08 Å². The number of aliphatic carboxylic acids is 1. The Bertz CT molecular complexity index is 568. The minimum absolute atomic E-state index is 0.403. The third kappa shape index (κ3) is 2.35. The van der Waals surface area contributed by atoms with Crippen LogP contribution in [0.4, 0.5) is 5.69 Å². The molecule has 0 spiro atoms. The number of nitrogens with zero attached hydrogens (tertiary/aromatic N) is 1. The highest BCUT2D eigenvalue weighted by Crippen LogP contribution is 2.20. The largest absolute Gasteiger partial charge is 0.478 e. The molecule has 0 unspecified atom stereocenters. The molecule has 5 nitrogen and oxygen atoms in total. The van der Waals surface area contributed by atoms with Gasteiger partial charge in [0.15, 0.2) is 0 Å². The smallest absolute Gasteiger partial charge is 0.328 e. The van der Waals surface area contributed by atoms with E-state index in [4.69, 9.17) is 5.11 Å². The fourth-order valence-electron chi connectivity index (χ4n) is 1.59. The number of rotatable bonds is 3. The summed E-state index contributed by atoms with van der Waals surface area (Å²) in [6.07, 6.45) is 4.78. The van der Waals surface area contributed by atoms with E-state index in [0.29, 0.717) is 11.3 Å². The minimum atomic E-state index is -1.06. The quantitative estimate of drug-likeness (QED) is 0.639. The molecule has 0 saturated heterocycles. The van der Waals surface area contributed by atoms with Gasteiger partial charge in [-0.15, -0.1) is 0 Å². The van der Waals surface area contributed by atoms with Crippen LogP contribution in [0, 0.1) is 0 Å². The number of anilines is 1. The average molecular weight is 243 g/mol. The van der Waals surface area contributed by atoms with Crippen LogP contribution in [-0.4, -0.2) is 22.9 Å². The first kappa shape index (κ1) is 11.8. The monoisotopic (exact) mass is 243 g/mol. The number of benzene rings is 1. The van der Waals surface area contributed by atoms with Crippen molar-refractivity contribution in [3.8, 4) is 0 Å². The second kappa shape index (κ2) is 4.67. The summed E-state index contributed by atoms with van der Waals surface area (Å²) in [7, 11) is 0. The van der Waals surface area contributed by atoms with E-state index in [0.717, 1.165) is 11.0 Å². The lowest BCUT2D eigenvalue weighted by molar-refractivity contribution is -0.131. The Labute approximate surface area is 103 Å². The van der Waals surface area contributed by atoms with Crippen molar-refractivity contribution in [3.05, 3.63) is 48.1 Å². The lowest BCUT2D eigenvalue weighted by Crippen LogP contribution is -2.29.